The third-order valence-corrected chi connectivity index (χ3v) is 5.14. The van der Waals surface area contributed by atoms with E-state index in [1.165, 1.54) is 19.8 Å². The van der Waals surface area contributed by atoms with Gasteiger partial charge in [0.25, 0.3) is 0 Å². The molecule has 1 aromatic carbocycles. The minimum absolute atomic E-state index is 0.151. The van der Waals surface area contributed by atoms with Crippen LogP contribution < -0.4 is 5.32 Å². The quantitative estimate of drug-likeness (QED) is 0.630. The highest BCUT2D eigenvalue weighted by Crippen LogP contribution is 2.28. The number of ether oxygens (including phenoxy) is 2. The first-order chi connectivity index (χ1) is 11.5. The van der Waals surface area contributed by atoms with E-state index in [0.717, 1.165) is 32.2 Å². The highest BCUT2D eigenvalue weighted by molar-refractivity contribution is 7.80. The second-order valence-corrected chi connectivity index (χ2v) is 6.70. The van der Waals surface area contributed by atoms with Gasteiger partial charge in [-0.25, -0.2) is 4.79 Å². The largest absolute Gasteiger partial charge is 0.469 e. The Morgan fingerprint density at radius 2 is 1.92 bits per heavy atom. The van der Waals surface area contributed by atoms with Crippen LogP contribution in [-0.4, -0.2) is 38.1 Å². The van der Waals surface area contributed by atoms with Gasteiger partial charge in [-0.05, 0) is 55.8 Å². The lowest BCUT2D eigenvalue weighted by atomic mass is 9.88. The molecule has 3 unspecified atom stereocenters. The second kappa shape index (κ2) is 9.08. The maximum absolute atomic E-state index is 11.9. The van der Waals surface area contributed by atoms with E-state index in [1.54, 1.807) is 12.1 Å². The molecule has 0 radical (unpaired) electrons. The van der Waals surface area contributed by atoms with Gasteiger partial charge >= 0.3 is 11.9 Å². The monoisotopic (exact) mass is 351 g/mol. The Morgan fingerprint density at radius 3 is 2.54 bits per heavy atom. The van der Waals surface area contributed by atoms with Crippen LogP contribution in [0.15, 0.2) is 24.3 Å². The zero-order valence-corrected chi connectivity index (χ0v) is 15.1. The Balaban J connectivity index is 1.92. The molecule has 0 amide bonds. The molecule has 24 heavy (non-hydrogen) atoms. The molecule has 1 heterocycles. The molecule has 132 valence electrons. The Bertz CT molecular complexity index is 561. The predicted octanol–water partition coefficient (Wildman–Crippen LogP) is 2.45. The number of carbonyl (C=O) groups is 2. The van der Waals surface area contributed by atoms with E-state index in [4.69, 9.17) is 9.47 Å². The van der Waals surface area contributed by atoms with Crippen molar-refractivity contribution in [1.82, 2.24) is 5.32 Å². The fourth-order valence-electron chi connectivity index (χ4n) is 3.12. The van der Waals surface area contributed by atoms with Crippen LogP contribution in [0.2, 0.25) is 0 Å². The summed E-state index contributed by atoms with van der Waals surface area (Å²) < 4.78 is 9.60. The van der Waals surface area contributed by atoms with E-state index in [0.29, 0.717) is 11.5 Å². The van der Waals surface area contributed by atoms with Crippen LogP contribution in [0.1, 0.15) is 35.2 Å². The van der Waals surface area contributed by atoms with Crippen LogP contribution in [-0.2, 0) is 20.7 Å². The van der Waals surface area contributed by atoms with E-state index in [-0.39, 0.29) is 23.2 Å². The van der Waals surface area contributed by atoms with Gasteiger partial charge in [-0.15, -0.1) is 0 Å². The highest BCUT2D eigenvalue weighted by Gasteiger charge is 2.31. The molecular formula is C18H25NO4S. The van der Waals surface area contributed by atoms with Crippen molar-refractivity contribution in [2.75, 3.05) is 20.8 Å². The van der Waals surface area contributed by atoms with Gasteiger partial charge in [-0.1, -0.05) is 12.1 Å². The summed E-state index contributed by atoms with van der Waals surface area (Å²) in [7, 11) is 2.80. The number of nitrogens with one attached hydrogen (secondary N) is 1. The van der Waals surface area contributed by atoms with E-state index >= 15 is 0 Å². The molecule has 0 spiro atoms. The third-order valence-electron chi connectivity index (χ3n) is 4.59. The van der Waals surface area contributed by atoms with Crippen LogP contribution in [0.4, 0.5) is 0 Å². The van der Waals surface area contributed by atoms with Crippen molar-refractivity contribution >= 4 is 24.6 Å². The van der Waals surface area contributed by atoms with E-state index in [9.17, 15) is 9.59 Å². The standard InChI is InChI=1S/C18H25NO4S/c1-22-17(20)14-7-5-12(6-8-14)3-4-13-9-10-19-16(24)15(11-13)18(21)23-2/h5-8,13,15-16,19,24H,3-4,9-11H2,1-2H3. The molecule has 1 saturated heterocycles. The van der Waals surface area contributed by atoms with Crippen LogP contribution in [0, 0.1) is 11.8 Å². The maximum Gasteiger partial charge on any atom is 0.337 e. The van der Waals surface area contributed by atoms with Crippen molar-refractivity contribution in [1.29, 1.82) is 0 Å². The van der Waals surface area contributed by atoms with Gasteiger partial charge in [0.1, 0.15) is 0 Å². The second-order valence-electron chi connectivity index (χ2n) is 6.15. The zero-order chi connectivity index (χ0) is 17.5. The summed E-state index contributed by atoms with van der Waals surface area (Å²) >= 11 is 4.48. The fraction of sp³-hybridized carbons (Fsp3) is 0.556. The molecule has 1 fully saturated rings. The molecule has 1 aliphatic heterocycles. The van der Waals surface area contributed by atoms with Gasteiger partial charge in [0.2, 0.25) is 0 Å². The first-order valence-corrected chi connectivity index (χ1v) is 8.73. The van der Waals surface area contributed by atoms with E-state index in [1.807, 2.05) is 12.1 Å². The van der Waals surface area contributed by atoms with Gasteiger partial charge in [-0.2, -0.15) is 12.6 Å². The minimum atomic E-state index is -0.322. The first-order valence-electron chi connectivity index (χ1n) is 8.21. The van der Waals surface area contributed by atoms with Gasteiger partial charge < -0.3 is 14.8 Å². The molecule has 1 aliphatic rings. The lowest BCUT2D eigenvalue weighted by Gasteiger charge is -2.21. The third kappa shape index (κ3) is 4.98. The minimum Gasteiger partial charge on any atom is -0.469 e. The number of hydrogen-bond acceptors (Lipinski definition) is 6. The Morgan fingerprint density at radius 1 is 1.21 bits per heavy atom. The molecule has 0 saturated carbocycles. The zero-order valence-electron chi connectivity index (χ0n) is 14.2. The summed E-state index contributed by atoms with van der Waals surface area (Å²) in [6.45, 7) is 0.855. The number of hydrogen-bond donors (Lipinski definition) is 2. The van der Waals surface area contributed by atoms with Crippen LogP contribution >= 0.6 is 12.6 Å². The summed E-state index contributed by atoms with van der Waals surface area (Å²) in [4.78, 5) is 23.4. The summed E-state index contributed by atoms with van der Waals surface area (Å²) in [5.41, 5.74) is 1.74. The van der Waals surface area contributed by atoms with Crippen LogP contribution in [0.5, 0.6) is 0 Å². The average molecular weight is 351 g/mol. The number of carbonyl (C=O) groups excluding carboxylic acids is 2. The molecule has 2 rings (SSSR count). The first kappa shape index (κ1) is 18.8. The molecule has 5 nitrogen and oxygen atoms in total. The molecule has 0 aromatic heterocycles. The van der Waals surface area contributed by atoms with E-state index < -0.39 is 0 Å². The molecule has 1 N–H and O–H groups in total. The number of esters is 2. The molecule has 0 bridgehead atoms. The van der Waals surface area contributed by atoms with Crippen LogP contribution in [0.25, 0.3) is 0 Å². The molecular weight excluding hydrogens is 326 g/mol. The Kier molecular flexibility index (Phi) is 7.12. The van der Waals surface area contributed by atoms with Crippen molar-refractivity contribution in [3.8, 4) is 0 Å². The summed E-state index contributed by atoms with van der Waals surface area (Å²) in [6.07, 6.45) is 3.71. The lowest BCUT2D eigenvalue weighted by molar-refractivity contribution is -0.146. The smallest absolute Gasteiger partial charge is 0.337 e. The Hall–Kier alpha value is -1.53. The Labute approximate surface area is 148 Å². The molecule has 6 heteroatoms. The van der Waals surface area contributed by atoms with Gasteiger partial charge in [0.05, 0.1) is 31.1 Å². The van der Waals surface area contributed by atoms with E-state index in [2.05, 4.69) is 17.9 Å². The normalized spacial score (nSPS) is 24.0. The summed E-state index contributed by atoms with van der Waals surface area (Å²) in [6, 6.07) is 7.49. The predicted molar refractivity (Wildman–Crippen MR) is 95.1 cm³/mol. The maximum atomic E-state index is 11.9. The lowest BCUT2D eigenvalue weighted by Crippen LogP contribution is -2.35. The number of rotatable bonds is 5. The number of methoxy groups -OCH3 is 2. The molecule has 0 aliphatic carbocycles. The van der Waals surface area contributed by atoms with Crippen molar-refractivity contribution in [3.05, 3.63) is 35.4 Å². The van der Waals surface area contributed by atoms with Gasteiger partial charge in [0.15, 0.2) is 0 Å². The van der Waals surface area contributed by atoms with Crippen LogP contribution in [0.3, 0.4) is 0 Å². The SMILES string of the molecule is COC(=O)c1ccc(CCC2CCNC(S)C(C(=O)OC)C2)cc1. The summed E-state index contributed by atoms with van der Waals surface area (Å²) in [5.74, 6) is -0.291. The number of thiol groups is 1. The number of aryl methyl sites for hydroxylation is 1. The van der Waals surface area contributed by atoms with Crippen molar-refractivity contribution in [2.45, 2.75) is 31.1 Å². The van der Waals surface area contributed by atoms with Crippen molar-refractivity contribution in [3.63, 3.8) is 0 Å². The topological polar surface area (TPSA) is 64.6 Å². The molecule has 3 atom stereocenters. The molecule has 1 aromatic rings. The summed E-state index contributed by atoms with van der Waals surface area (Å²) in [5, 5.41) is 3.13. The number of benzene rings is 1. The van der Waals surface area contributed by atoms with Gasteiger partial charge in [0, 0.05) is 0 Å². The fourth-order valence-corrected chi connectivity index (χ4v) is 3.49. The van der Waals surface area contributed by atoms with Crippen molar-refractivity contribution < 1.29 is 19.1 Å². The van der Waals surface area contributed by atoms with Crippen molar-refractivity contribution in [2.24, 2.45) is 11.8 Å². The van der Waals surface area contributed by atoms with Gasteiger partial charge in [-0.3, -0.25) is 4.79 Å². The average Bonchev–Trinajstić information content (AvgIpc) is 2.80. The highest BCUT2D eigenvalue weighted by atomic mass is 32.1.